The van der Waals surface area contributed by atoms with Crippen molar-refractivity contribution in [2.24, 2.45) is 0 Å². The van der Waals surface area contributed by atoms with Gasteiger partial charge < -0.3 is 23.7 Å². The molecule has 0 amide bonds. The van der Waals surface area contributed by atoms with E-state index < -0.39 is 8.32 Å². The molecule has 1 N–H and O–H groups in total. The SMILES string of the molecule is CC(C)(C)[Si](OCc1cc(OCc2ccccc2)c(Cc2cc(O)c(I)cc2OCC#N)cc1OCC#N)(c1ccccc1)c1ccccc1. The lowest BCUT2D eigenvalue weighted by Gasteiger charge is -2.43. The molecule has 0 radical (unpaired) electrons. The zero-order valence-corrected chi connectivity index (χ0v) is 31.5. The number of phenolic OH excluding ortho intramolecular Hbond substituents is 1. The smallest absolute Gasteiger partial charge is 0.261 e. The number of hydrogen-bond donors (Lipinski definition) is 1. The Hall–Kier alpha value is -4.81. The summed E-state index contributed by atoms with van der Waals surface area (Å²) >= 11 is 2.03. The van der Waals surface area contributed by atoms with Crippen LogP contribution in [0.1, 0.15) is 43.0 Å². The molecule has 7 nitrogen and oxygen atoms in total. The molecule has 0 atom stereocenters. The maximum absolute atomic E-state index is 10.6. The van der Waals surface area contributed by atoms with Crippen molar-refractivity contribution in [3.63, 3.8) is 0 Å². The van der Waals surface area contributed by atoms with Crippen molar-refractivity contribution in [3.05, 3.63) is 141 Å². The molecule has 0 bridgehead atoms. The lowest BCUT2D eigenvalue weighted by atomic mass is 10.0. The summed E-state index contributed by atoms with van der Waals surface area (Å²) in [5.41, 5.74) is 3.17. The molecule has 0 saturated heterocycles. The molecule has 0 aliphatic carbocycles. The van der Waals surface area contributed by atoms with Crippen molar-refractivity contribution in [1.82, 2.24) is 0 Å². The van der Waals surface area contributed by atoms with Crippen LogP contribution in [0.4, 0.5) is 0 Å². The number of nitriles is 2. The Morgan fingerprint density at radius 3 is 1.66 bits per heavy atom. The zero-order chi connectivity index (χ0) is 35.6. The van der Waals surface area contributed by atoms with E-state index in [4.69, 9.17) is 18.6 Å². The molecule has 0 spiro atoms. The normalized spacial score (nSPS) is 11.3. The van der Waals surface area contributed by atoms with Crippen molar-refractivity contribution >= 4 is 41.3 Å². The van der Waals surface area contributed by atoms with Crippen molar-refractivity contribution in [1.29, 1.82) is 10.5 Å². The summed E-state index contributed by atoms with van der Waals surface area (Å²) in [5.74, 6) is 1.69. The monoisotopic (exact) mass is 794 g/mol. The van der Waals surface area contributed by atoms with Gasteiger partial charge in [-0.25, -0.2) is 0 Å². The molecule has 0 heterocycles. The Labute approximate surface area is 308 Å². The Morgan fingerprint density at radius 2 is 1.12 bits per heavy atom. The fraction of sp³-hybridized carbons (Fsp3) is 0.220. The van der Waals surface area contributed by atoms with Crippen LogP contribution in [0.25, 0.3) is 0 Å². The molecule has 50 heavy (non-hydrogen) atoms. The van der Waals surface area contributed by atoms with Crippen molar-refractivity contribution in [2.75, 3.05) is 13.2 Å². The van der Waals surface area contributed by atoms with Gasteiger partial charge in [-0.2, -0.15) is 10.5 Å². The first-order valence-electron chi connectivity index (χ1n) is 16.2. The molecule has 0 fully saturated rings. The average molecular weight is 795 g/mol. The number of rotatable bonds is 14. The predicted molar refractivity (Wildman–Crippen MR) is 205 cm³/mol. The van der Waals surface area contributed by atoms with E-state index in [1.807, 2.05) is 83.3 Å². The highest BCUT2D eigenvalue weighted by Crippen LogP contribution is 2.40. The van der Waals surface area contributed by atoms with Crippen molar-refractivity contribution in [3.8, 4) is 35.1 Å². The third-order valence-electron chi connectivity index (χ3n) is 8.44. The van der Waals surface area contributed by atoms with Crippen molar-refractivity contribution < 1.29 is 23.7 Å². The number of aromatic hydroxyl groups is 1. The van der Waals surface area contributed by atoms with Crippen LogP contribution >= 0.6 is 22.6 Å². The second kappa shape index (κ2) is 16.7. The lowest BCUT2D eigenvalue weighted by Crippen LogP contribution is -2.66. The number of hydrogen-bond acceptors (Lipinski definition) is 7. The molecule has 254 valence electrons. The quantitative estimate of drug-likeness (QED) is 0.0897. The molecule has 0 aromatic heterocycles. The Bertz CT molecular complexity index is 1930. The van der Waals surface area contributed by atoms with Crippen LogP contribution in [-0.2, 0) is 24.1 Å². The van der Waals surface area contributed by atoms with E-state index in [-0.39, 0.29) is 30.6 Å². The number of phenols is 1. The van der Waals surface area contributed by atoms with E-state index in [1.165, 1.54) is 0 Å². The fourth-order valence-corrected chi connectivity index (χ4v) is 11.1. The Morgan fingerprint density at radius 1 is 0.640 bits per heavy atom. The van der Waals surface area contributed by atoms with Gasteiger partial charge in [-0.3, -0.25) is 0 Å². The first-order chi connectivity index (χ1) is 24.2. The molecule has 5 aromatic rings. The lowest BCUT2D eigenvalue weighted by molar-refractivity contribution is 0.270. The van der Waals surface area contributed by atoms with Gasteiger partial charge in [0.25, 0.3) is 8.32 Å². The number of halogens is 1. The number of nitrogens with zero attached hydrogens (tertiary/aromatic N) is 2. The summed E-state index contributed by atoms with van der Waals surface area (Å²) in [7, 11) is -2.91. The Kier molecular flexibility index (Phi) is 12.2. The van der Waals surface area contributed by atoms with Crippen molar-refractivity contribution in [2.45, 2.75) is 45.4 Å². The van der Waals surface area contributed by atoms with Gasteiger partial charge in [0.15, 0.2) is 13.2 Å². The minimum absolute atomic E-state index is 0.105. The molecule has 0 aliphatic heterocycles. The summed E-state index contributed by atoms with van der Waals surface area (Å²) in [4.78, 5) is 0. The molecular formula is C41H39IN2O5Si. The van der Waals surface area contributed by atoms with E-state index >= 15 is 0 Å². The minimum atomic E-state index is -2.91. The van der Waals surface area contributed by atoms with Gasteiger partial charge >= 0.3 is 0 Å². The highest BCUT2D eigenvalue weighted by Gasteiger charge is 2.50. The second-order valence-electron chi connectivity index (χ2n) is 12.8. The molecule has 5 aromatic carbocycles. The van der Waals surface area contributed by atoms with Crippen LogP contribution in [0.2, 0.25) is 5.04 Å². The third-order valence-corrected chi connectivity index (χ3v) is 14.3. The van der Waals surface area contributed by atoms with Crippen LogP contribution < -0.4 is 24.6 Å². The highest BCUT2D eigenvalue weighted by atomic mass is 127. The van der Waals surface area contributed by atoms with Crippen LogP contribution in [0.3, 0.4) is 0 Å². The first kappa shape index (κ1) is 36.5. The van der Waals surface area contributed by atoms with E-state index in [2.05, 4.69) is 75.4 Å². The Balaban J connectivity index is 1.62. The van der Waals surface area contributed by atoms with Crippen LogP contribution in [-0.4, -0.2) is 26.6 Å². The molecule has 0 unspecified atom stereocenters. The highest BCUT2D eigenvalue weighted by molar-refractivity contribution is 14.1. The third kappa shape index (κ3) is 8.48. The standard InChI is InChI=1S/C41H39IN2O5Si/c1-41(2,3)50(34-15-9-5-10-16-34,35-17-11-6-12-18-35)49-29-33-26-38(48-28-30-13-7-4-8-14-30)32(25-39(33)46-21-19-43)23-31-24-37(45)36(42)27-40(31)47-22-20-44/h4-18,24-27,45H,21-23,28-29H2,1-3H3. The number of benzene rings is 5. The van der Waals surface area contributed by atoms with Gasteiger partial charge in [0, 0.05) is 23.1 Å². The van der Waals surface area contributed by atoms with Gasteiger partial charge in [-0.05, 0) is 67.8 Å². The van der Waals surface area contributed by atoms with Gasteiger partial charge in [0.05, 0.1) is 10.2 Å². The van der Waals surface area contributed by atoms with Crippen LogP contribution in [0.15, 0.2) is 115 Å². The second-order valence-corrected chi connectivity index (χ2v) is 18.2. The van der Waals surface area contributed by atoms with E-state index in [9.17, 15) is 15.6 Å². The first-order valence-corrected chi connectivity index (χ1v) is 19.2. The summed E-state index contributed by atoms with van der Waals surface area (Å²) < 4.78 is 26.2. The largest absolute Gasteiger partial charge is 0.507 e. The fourth-order valence-electron chi connectivity index (χ4n) is 6.13. The molecule has 0 saturated carbocycles. The van der Waals surface area contributed by atoms with E-state index in [0.29, 0.717) is 39.4 Å². The minimum Gasteiger partial charge on any atom is -0.507 e. The summed E-state index contributed by atoms with van der Waals surface area (Å²) in [6.07, 6.45) is 0.300. The maximum Gasteiger partial charge on any atom is 0.261 e. The summed E-state index contributed by atoms with van der Waals surface area (Å²) in [6.45, 7) is 6.91. The molecule has 9 heteroatoms. The van der Waals surface area contributed by atoms with Crippen LogP contribution in [0, 0.1) is 26.2 Å². The predicted octanol–water partition coefficient (Wildman–Crippen LogP) is 8.05. The summed E-state index contributed by atoms with van der Waals surface area (Å²) in [5, 5.41) is 31.4. The zero-order valence-electron chi connectivity index (χ0n) is 28.4. The van der Waals surface area contributed by atoms with E-state index in [1.54, 1.807) is 12.1 Å². The average Bonchev–Trinajstić information content (AvgIpc) is 3.12. The van der Waals surface area contributed by atoms with E-state index in [0.717, 1.165) is 27.1 Å². The van der Waals surface area contributed by atoms with Gasteiger partial charge in [-0.1, -0.05) is 112 Å². The van der Waals surface area contributed by atoms with Crippen LogP contribution in [0.5, 0.6) is 23.0 Å². The molecule has 5 rings (SSSR count). The summed E-state index contributed by atoms with van der Waals surface area (Å²) in [6, 6.07) is 42.0. The van der Waals surface area contributed by atoms with Gasteiger partial charge in [0.1, 0.15) is 41.7 Å². The number of ether oxygens (including phenoxy) is 3. The van der Waals surface area contributed by atoms with Gasteiger partial charge in [0.2, 0.25) is 0 Å². The van der Waals surface area contributed by atoms with Gasteiger partial charge in [-0.15, -0.1) is 0 Å². The maximum atomic E-state index is 10.6. The molecule has 0 aliphatic rings. The topological polar surface area (TPSA) is 105 Å². The molecular weight excluding hydrogens is 755 g/mol.